The fourth-order valence-corrected chi connectivity index (χ4v) is 3.19. The number of nitrogens with one attached hydrogen (secondary N) is 1. The molecule has 0 bridgehead atoms. The number of carbonyl (C=O) groups is 1. The van der Waals surface area contributed by atoms with Crippen LogP contribution in [0, 0.1) is 5.92 Å². The van der Waals surface area contributed by atoms with Crippen LogP contribution in [0.2, 0.25) is 0 Å². The largest absolute Gasteiger partial charge is 0.493 e. The average Bonchev–Trinajstić information content (AvgIpc) is 2.56. The van der Waals surface area contributed by atoms with E-state index in [1.165, 1.54) is 12.5 Å². The minimum absolute atomic E-state index is 0. The van der Waals surface area contributed by atoms with E-state index in [0.29, 0.717) is 23.5 Å². The number of methoxy groups -OCH3 is 1. The maximum atomic E-state index is 11.2. The van der Waals surface area contributed by atoms with E-state index in [1.54, 1.807) is 7.11 Å². The Morgan fingerprint density at radius 1 is 1.24 bits per heavy atom. The number of benzene rings is 1. The maximum absolute atomic E-state index is 11.2. The van der Waals surface area contributed by atoms with Gasteiger partial charge in [0.2, 0.25) is 0 Å². The summed E-state index contributed by atoms with van der Waals surface area (Å²) in [5.41, 5.74) is 1.22. The Bertz CT molecular complexity index is 537. The van der Waals surface area contributed by atoms with Crippen LogP contribution in [0.25, 0.3) is 0 Å². The number of hydrogen-bond donors (Lipinski definition) is 1. The van der Waals surface area contributed by atoms with Gasteiger partial charge in [-0.05, 0) is 23.6 Å². The van der Waals surface area contributed by atoms with E-state index in [1.807, 2.05) is 12.1 Å². The number of hydrogen-bond acceptors (Lipinski definition) is 5. The molecule has 0 aromatic heterocycles. The molecule has 1 aromatic rings. The van der Waals surface area contributed by atoms with Gasteiger partial charge < -0.3 is 14.8 Å². The first-order valence-electron chi connectivity index (χ1n) is 8.38. The van der Waals surface area contributed by atoms with E-state index in [2.05, 4.69) is 30.1 Å². The quantitative estimate of drug-likeness (QED) is 0.593. The van der Waals surface area contributed by atoms with Crippen LogP contribution in [0.15, 0.2) is 18.2 Å². The van der Waals surface area contributed by atoms with Gasteiger partial charge in [0.15, 0.2) is 11.5 Å². The molecule has 0 amide bonds. The minimum atomic E-state index is -0.336. The van der Waals surface area contributed by atoms with Crippen LogP contribution in [0.5, 0.6) is 11.5 Å². The Kier molecular flexibility index (Phi) is 11.1. The molecule has 1 fully saturated rings. The SMILES string of the molecule is CCC(C)[C@H](c1ccc(OC(C)=O)c(OC)c1)N1CCNCC1.Cl.Cl. The minimum Gasteiger partial charge on any atom is -0.493 e. The molecule has 0 saturated carbocycles. The number of piperazine rings is 1. The Balaban J connectivity index is 0.00000288. The zero-order valence-corrected chi connectivity index (χ0v) is 17.0. The van der Waals surface area contributed by atoms with E-state index >= 15 is 0 Å². The second-order valence-electron chi connectivity index (χ2n) is 6.12. The third-order valence-corrected chi connectivity index (χ3v) is 4.51. The topological polar surface area (TPSA) is 50.8 Å². The Labute approximate surface area is 163 Å². The van der Waals surface area contributed by atoms with E-state index in [9.17, 15) is 4.79 Å². The van der Waals surface area contributed by atoms with Gasteiger partial charge in [-0.2, -0.15) is 0 Å². The van der Waals surface area contributed by atoms with Crippen LogP contribution in [-0.4, -0.2) is 44.2 Å². The fraction of sp³-hybridized carbons (Fsp3) is 0.611. The smallest absolute Gasteiger partial charge is 0.308 e. The van der Waals surface area contributed by atoms with Crippen molar-refractivity contribution in [3.8, 4) is 11.5 Å². The van der Waals surface area contributed by atoms with Crippen LogP contribution in [-0.2, 0) is 4.79 Å². The lowest BCUT2D eigenvalue weighted by Gasteiger charge is -2.38. The van der Waals surface area contributed by atoms with E-state index in [0.717, 1.165) is 32.6 Å². The van der Waals surface area contributed by atoms with Crippen LogP contribution < -0.4 is 14.8 Å². The van der Waals surface area contributed by atoms with Gasteiger partial charge in [-0.3, -0.25) is 9.69 Å². The molecule has 0 aliphatic carbocycles. The molecule has 1 N–H and O–H groups in total. The molecule has 5 nitrogen and oxygen atoms in total. The number of ether oxygens (including phenoxy) is 2. The number of rotatable bonds is 6. The molecule has 1 unspecified atom stereocenters. The summed E-state index contributed by atoms with van der Waals surface area (Å²) in [6.07, 6.45) is 1.11. The Morgan fingerprint density at radius 2 is 1.88 bits per heavy atom. The van der Waals surface area contributed by atoms with Gasteiger partial charge in [0.05, 0.1) is 7.11 Å². The van der Waals surface area contributed by atoms with Gasteiger partial charge in [0, 0.05) is 39.1 Å². The van der Waals surface area contributed by atoms with E-state index < -0.39 is 0 Å². The molecule has 1 aromatic carbocycles. The molecule has 2 atom stereocenters. The lowest BCUT2D eigenvalue weighted by molar-refractivity contribution is -0.132. The summed E-state index contributed by atoms with van der Waals surface area (Å²) in [6, 6.07) is 6.26. The first-order chi connectivity index (χ1) is 11.1. The molecule has 0 spiro atoms. The molecule has 1 heterocycles. The number of esters is 1. The summed E-state index contributed by atoms with van der Waals surface area (Å²) in [5, 5.41) is 3.41. The first kappa shape index (κ1) is 24.0. The van der Waals surface area contributed by atoms with Crippen molar-refractivity contribution in [1.82, 2.24) is 10.2 Å². The van der Waals surface area contributed by atoms with Crippen LogP contribution in [0.1, 0.15) is 38.8 Å². The summed E-state index contributed by atoms with van der Waals surface area (Å²) in [6.45, 7) is 10.1. The predicted octanol–water partition coefficient (Wildman–Crippen LogP) is 3.46. The van der Waals surface area contributed by atoms with Crippen molar-refractivity contribution in [2.24, 2.45) is 5.92 Å². The molecule has 1 aliphatic rings. The van der Waals surface area contributed by atoms with Gasteiger partial charge in [-0.1, -0.05) is 26.3 Å². The van der Waals surface area contributed by atoms with Crippen molar-refractivity contribution in [2.45, 2.75) is 33.2 Å². The molecule has 25 heavy (non-hydrogen) atoms. The zero-order chi connectivity index (χ0) is 16.8. The third kappa shape index (κ3) is 6.33. The van der Waals surface area contributed by atoms with Gasteiger partial charge >= 0.3 is 5.97 Å². The second kappa shape index (κ2) is 11.6. The van der Waals surface area contributed by atoms with Crippen molar-refractivity contribution in [3.05, 3.63) is 23.8 Å². The third-order valence-electron chi connectivity index (χ3n) is 4.51. The molecule has 1 saturated heterocycles. The van der Waals surface area contributed by atoms with Crippen molar-refractivity contribution in [1.29, 1.82) is 0 Å². The molecular formula is C18H30Cl2N2O3. The van der Waals surface area contributed by atoms with E-state index in [4.69, 9.17) is 9.47 Å². The Morgan fingerprint density at radius 3 is 2.40 bits per heavy atom. The summed E-state index contributed by atoms with van der Waals surface area (Å²) >= 11 is 0. The van der Waals surface area contributed by atoms with Crippen LogP contribution in [0.4, 0.5) is 0 Å². The van der Waals surface area contributed by atoms with Gasteiger partial charge in [0.1, 0.15) is 0 Å². The van der Waals surface area contributed by atoms with E-state index in [-0.39, 0.29) is 30.8 Å². The van der Waals surface area contributed by atoms with Crippen molar-refractivity contribution in [3.63, 3.8) is 0 Å². The highest BCUT2D eigenvalue weighted by Crippen LogP contribution is 2.36. The van der Waals surface area contributed by atoms with Crippen molar-refractivity contribution >= 4 is 30.8 Å². The summed E-state index contributed by atoms with van der Waals surface area (Å²) in [7, 11) is 1.61. The molecule has 7 heteroatoms. The number of carbonyl (C=O) groups excluding carboxylic acids is 1. The van der Waals surface area contributed by atoms with Crippen LogP contribution >= 0.6 is 24.8 Å². The number of nitrogens with zero attached hydrogens (tertiary/aromatic N) is 1. The molecule has 0 radical (unpaired) electrons. The average molecular weight is 393 g/mol. The highest BCUT2D eigenvalue weighted by Gasteiger charge is 2.27. The highest BCUT2D eigenvalue weighted by molar-refractivity contribution is 5.85. The predicted molar refractivity (Wildman–Crippen MR) is 105 cm³/mol. The lowest BCUT2D eigenvalue weighted by atomic mass is 9.90. The molecule has 2 rings (SSSR count). The van der Waals surface area contributed by atoms with Crippen LogP contribution in [0.3, 0.4) is 0 Å². The lowest BCUT2D eigenvalue weighted by Crippen LogP contribution is -2.46. The van der Waals surface area contributed by atoms with Gasteiger partial charge in [-0.25, -0.2) is 0 Å². The van der Waals surface area contributed by atoms with Gasteiger partial charge in [-0.15, -0.1) is 24.8 Å². The molecule has 1 aliphatic heterocycles. The monoisotopic (exact) mass is 392 g/mol. The zero-order valence-electron chi connectivity index (χ0n) is 15.4. The standard InChI is InChI=1S/C18H28N2O3.2ClH/c1-5-13(2)18(20-10-8-19-9-11-20)15-6-7-16(23-14(3)21)17(12-15)22-4;;/h6-7,12-13,18-19H,5,8-11H2,1-4H3;2*1H/t13?,18-;;/m1../s1. The van der Waals surface area contributed by atoms with Crippen molar-refractivity contribution in [2.75, 3.05) is 33.3 Å². The molecule has 144 valence electrons. The highest BCUT2D eigenvalue weighted by atomic mass is 35.5. The van der Waals surface area contributed by atoms with Crippen molar-refractivity contribution < 1.29 is 14.3 Å². The summed E-state index contributed by atoms with van der Waals surface area (Å²) < 4.78 is 10.6. The fourth-order valence-electron chi connectivity index (χ4n) is 3.19. The normalized spacial score (nSPS) is 16.8. The summed E-state index contributed by atoms with van der Waals surface area (Å²) in [5.74, 6) is 1.29. The number of halogens is 2. The first-order valence-corrected chi connectivity index (χ1v) is 8.38. The second-order valence-corrected chi connectivity index (χ2v) is 6.12. The Hall–Kier alpha value is -1.01. The van der Waals surface area contributed by atoms with Gasteiger partial charge in [0.25, 0.3) is 0 Å². The molecular weight excluding hydrogens is 363 g/mol. The summed E-state index contributed by atoms with van der Waals surface area (Å²) in [4.78, 5) is 13.7. The maximum Gasteiger partial charge on any atom is 0.308 e.